The fourth-order valence-corrected chi connectivity index (χ4v) is 2.03. The van der Waals surface area contributed by atoms with Crippen molar-refractivity contribution in [1.82, 2.24) is 10.2 Å². The van der Waals surface area contributed by atoms with Crippen molar-refractivity contribution in [3.63, 3.8) is 0 Å². The van der Waals surface area contributed by atoms with Crippen LogP contribution in [0.2, 0.25) is 0 Å². The zero-order chi connectivity index (χ0) is 13.5. The molecule has 0 aromatic heterocycles. The topological polar surface area (TPSA) is 52.6 Å². The molecule has 0 aromatic carbocycles. The summed E-state index contributed by atoms with van der Waals surface area (Å²) in [6.07, 6.45) is 2.21. The van der Waals surface area contributed by atoms with Gasteiger partial charge in [-0.2, -0.15) is 0 Å². The molecule has 0 amide bonds. The molecule has 0 aliphatic carbocycles. The van der Waals surface area contributed by atoms with E-state index in [0.29, 0.717) is 12.8 Å². The first-order chi connectivity index (χ1) is 7.88. The van der Waals surface area contributed by atoms with E-state index in [1.807, 2.05) is 20.8 Å². The van der Waals surface area contributed by atoms with Gasteiger partial charge in [0.05, 0.1) is 0 Å². The Kier molecular flexibility index (Phi) is 7.39. The van der Waals surface area contributed by atoms with Gasteiger partial charge in [0, 0.05) is 6.04 Å². The highest BCUT2D eigenvalue weighted by Crippen LogP contribution is 2.19. The number of carboxylic acid groups (broad SMARTS) is 1. The van der Waals surface area contributed by atoms with Crippen molar-refractivity contribution in [2.75, 3.05) is 20.1 Å². The van der Waals surface area contributed by atoms with Crippen LogP contribution in [0.25, 0.3) is 0 Å². The van der Waals surface area contributed by atoms with Gasteiger partial charge in [-0.1, -0.05) is 13.8 Å². The lowest BCUT2D eigenvalue weighted by molar-refractivity contribution is -0.145. The second-order valence-electron chi connectivity index (χ2n) is 5.04. The van der Waals surface area contributed by atoms with E-state index < -0.39 is 11.5 Å². The maximum absolute atomic E-state index is 11.5. The fourth-order valence-electron chi connectivity index (χ4n) is 2.03. The van der Waals surface area contributed by atoms with Gasteiger partial charge in [0.25, 0.3) is 0 Å². The van der Waals surface area contributed by atoms with E-state index in [0.717, 1.165) is 19.5 Å². The van der Waals surface area contributed by atoms with Crippen molar-refractivity contribution in [2.24, 2.45) is 0 Å². The van der Waals surface area contributed by atoms with Crippen LogP contribution < -0.4 is 5.32 Å². The monoisotopic (exact) mass is 244 g/mol. The van der Waals surface area contributed by atoms with Crippen LogP contribution in [-0.4, -0.2) is 47.7 Å². The Morgan fingerprint density at radius 1 is 1.41 bits per heavy atom. The van der Waals surface area contributed by atoms with Crippen LogP contribution in [0.3, 0.4) is 0 Å². The summed E-state index contributed by atoms with van der Waals surface area (Å²) in [7, 11) is 2.06. The van der Waals surface area contributed by atoms with E-state index in [-0.39, 0.29) is 6.04 Å². The number of aliphatic carboxylic acids is 1. The Hall–Kier alpha value is -0.610. The normalized spacial score (nSPS) is 15.2. The third kappa shape index (κ3) is 5.50. The molecule has 4 nitrogen and oxygen atoms in total. The minimum Gasteiger partial charge on any atom is -0.480 e. The van der Waals surface area contributed by atoms with Gasteiger partial charge in [-0.3, -0.25) is 10.1 Å². The fraction of sp³-hybridized carbons (Fsp3) is 0.923. The molecule has 0 heterocycles. The minimum atomic E-state index is -0.761. The van der Waals surface area contributed by atoms with Gasteiger partial charge < -0.3 is 10.0 Å². The van der Waals surface area contributed by atoms with Gasteiger partial charge in [-0.05, 0) is 53.2 Å². The molecule has 4 heteroatoms. The van der Waals surface area contributed by atoms with Crippen LogP contribution in [0, 0.1) is 0 Å². The second kappa shape index (κ2) is 7.67. The maximum Gasteiger partial charge on any atom is 0.323 e. The zero-order valence-electron chi connectivity index (χ0n) is 11.9. The standard InChI is InChI=1S/C13H28N2O2/c1-6-13(12(16)17,14-11(3)4)9-8-10-15(5)7-2/h11,14H,6-10H2,1-5H3,(H,16,17). The molecular weight excluding hydrogens is 216 g/mol. The number of carbonyl (C=O) groups is 1. The number of nitrogens with one attached hydrogen (secondary N) is 1. The van der Waals surface area contributed by atoms with Gasteiger partial charge in [-0.25, -0.2) is 0 Å². The van der Waals surface area contributed by atoms with Gasteiger partial charge >= 0.3 is 5.97 Å². The van der Waals surface area contributed by atoms with Gasteiger partial charge in [-0.15, -0.1) is 0 Å². The molecule has 17 heavy (non-hydrogen) atoms. The summed E-state index contributed by atoms with van der Waals surface area (Å²) < 4.78 is 0. The molecule has 0 aromatic rings. The van der Waals surface area contributed by atoms with Crippen LogP contribution in [-0.2, 0) is 4.79 Å². The molecule has 0 saturated heterocycles. The van der Waals surface area contributed by atoms with Gasteiger partial charge in [0.1, 0.15) is 5.54 Å². The van der Waals surface area contributed by atoms with Crippen molar-refractivity contribution < 1.29 is 9.90 Å². The predicted octanol–water partition coefficient (Wildman–Crippen LogP) is 1.95. The van der Waals surface area contributed by atoms with Gasteiger partial charge in [0.2, 0.25) is 0 Å². The summed E-state index contributed by atoms with van der Waals surface area (Å²) in [4.78, 5) is 13.7. The van der Waals surface area contributed by atoms with Crippen LogP contribution in [0.15, 0.2) is 0 Å². The molecule has 0 rings (SSSR count). The molecule has 2 N–H and O–H groups in total. The first-order valence-corrected chi connectivity index (χ1v) is 6.57. The predicted molar refractivity (Wildman–Crippen MR) is 71.3 cm³/mol. The van der Waals surface area contributed by atoms with E-state index >= 15 is 0 Å². The lowest BCUT2D eigenvalue weighted by Crippen LogP contribution is -2.54. The SMILES string of the molecule is CCN(C)CCCC(CC)(NC(C)C)C(=O)O. The number of carboxylic acids is 1. The Morgan fingerprint density at radius 3 is 2.35 bits per heavy atom. The number of nitrogens with zero attached hydrogens (tertiary/aromatic N) is 1. The molecule has 1 atom stereocenters. The van der Waals surface area contributed by atoms with E-state index in [2.05, 4.69) is 24.2 Å². The Bertz CT molecular complexity index is 231. The third-order valence-corrected chi connectivity index (χ3v) is 3.26. The van der Waals surface area contributed by atoms with Crippen LogP contribution >= 0.6 is 0 Å². The average molecular weight is 244 g/mol. The summed E-state index contributed by atoms with van der Waals surface area (Å²) in [5, 5.41) is 12.6. The molecule has 1 unspecified atom stereocenters. The molecule has 0 aliphatic rings. The van der Waals surface area contributed by atoms with Crippen LogP contribution in [0.1, 0.15) is 47.0 Å². The molecule has 0 fully saturated rings. The largest absolute Gasteiger partial charge is 0.480 e. The third-order valence-electron chi connectivity index (χ3n) is 3.26. The summed E-state index contributed by atoms with van der Waals surface area (Å²) in [5.41, 5.74) is -0.761. The lowest BCUT2D eigenvalue weighted by Gasteiger charge is -2.32. The van der Waals surface area contributed by atoms with Crippen LogP contribution in [0.5, 0.6) is 0 Å². The van der Waals surface area contributed by atoms with Crippen molar-refractivity contribution in [1.29, 1.82) is 0 Å². The Balaban J connectivity index is 4.42. The quantitative estimate of drug-likeness (QED) is 0.651. The highest BCUT2D eigenvalue weighted by Gasteiger charge is 2.36. The first-order valence-electron chi connectivity index (χ1n) is 6.57. The zero-order valence-corrected chi connectivity index (χ0v) is 11.9. The molecule has 0 aliphatic heterocycles. The van der Waals surface area contributed by atoms with Crippen molar-refractivity contribution >= 4 is 5.97 Å². The minimum absolute atomic E-state index is 0.190. The highest BCUT2D eigenvalue weighted by molar-refractivity contribution is 5.78. The molecule has 0 spiro atoms. The smallest absolute Gasteiger partial charge is 0.323 e. The molecule has 0 bridgehead atoms. The summed E-state index contributed by atoms with van der Waals surface area (Å²) >= 11 is 0. The number of hydrogen-bond acceptors (Lipinski definition) is 3. The Morgan fingerprint density at radius 2 is 2.00 bits per heavy atom. The van der Waals surface area contributed by atoms with E-state index in [1.165, 1.54) is 0 Å². The lowest BCUT2D eigenvalue weighted by atomic mass is 9.89. The average Bonchev–Trinajstić information content (AvgIpc) is 2.26. The molecule has 0 saturated carbocycles. The van der Waals surface area contributed by atoms with E-state index in [4.69, 9.17) is 0 Å². The first kappa shape index (κ1) is 16.4. The Labute approximate surface area is 105 Å². The maximum atomic E-state index is 11.5. The van der Waals surface area contributed by atoms with Crippen molar-refractivity contribution in [2.45, 2.75) is 58.5 Å². The number of rotatable bonds is 9. The van der Waals surface area contributed by atoms with Crippen molar-refractivity contribution in [3.05, 3.63) is 0 Å². The molecular formula is C13H28N2O2. The van der Waals surface area contributed by atoms with E-state index in [1.54, 1.807) is 0 Å². The van der Waals surface area contributed by atoms with Gasteiger partial charge in [0.15, 0.2) is 0 Å². The molecule has 0 radical (unpaired) electrons. The second-order valence-corrected chi connectivity index (χ2v) is 5.04. The van der Waals surface area contributed by atoms with E-state index in [9.17, 15) is 9.90 Å². The van der Waals surface area contributed by atoms with Crippen LogP contribution in [0.4, 0.5) is 0 Å². The summed E-state index contributed by atoms with van der Waals surface area (Å²) in [5.74, 6) is -0.729. The van der Waals surface area contributed by atoms with Crippen molar-refractivity contribution in [3.8, 4) is 0 Å². The molecule has 102 valence electrons. The number of hydrogen-bond donors (Lipinski definition) is 2. The summed E-state index contributed by atoms with van der Waals surface area (Å²) in [6.45, 7) is 9.98. The summed E-state index contributed by atoms with van der Waals surface area (Å²) in [6, 6.07) is 0.190. The highest BCUT2D eigenvalue weighted by atomic mass is 16.4.